The van der Waals surface area contributed by atoms with Crippen LogP contribution in [-0.4, -0.2) is 23.4 Å². The number of aromatic nitrogens is 2. The van der Waals surface area contributed by atoms with Gasteiger partial charge in [-0.3, -0.25) is 4.68 Å². The molecule has 2 aromatic rings. The SMILES string of the molecule is COc1cc(C)c(C)cc1C(CN)c1cc(C)nn1C. The van der Waals surface area contributed by atoms with Gasteiger partial charge in [-0.2, -0.15) is 5.10 Å². The summed E-state index contributed by atoms with van der Waals surface area (Å²) in [5.41, 5.74) is 11.7. The van der Waals surface area contributed by atoms with Crippen LogP contribution in [-0.2, 0) is 7.05 Å². The Labute approximate surface area is 120 Å². The molecule has 4 heteroatoms. The summed E-state index contributed by atoms with van der Waals surface area (Å²) in [6.45, 7) is 6.72. The molecule has 1 heterocycles. The summed E-state index contributed by atoms with van der Waals surface area (Å²) in [5, 5.41) is 4.42. The largest absolute Gasteiger partial charge is 0.496 e. The van der Waals surface area contributed by atoms with Crippen LogP contribution >= 0.6 is 0 Å². The average Bonchev–Trinajstić information content (AvgIpc) is 2.73. The molecule has 0 radical (unpaired) electrons. The zero-order chi connectivity index (χ0) is 14.9. The van der Waals surface area contributed by atoms with E-state index in [-0.39, 0.29) is 5.92 Å². The summed E-state index contributed by atoms with van der Waals surface area (Å²) in [7, 11) is 3.66. The molecule has 2 rings (SSSR count). The van der Waals surface area contributed by atoms with Gasteiger partial charge in [0.1, 0.15) is 5.75 Å². The monoisotopic (exact) mass is 273 g/mol. The fourth-order valence-electron chi connectivity index (χ4n) is 2.62. The van der Waals surface area contributed by atoms with Crippen LogP contribution in [0, 0.1) is 20.8 Å². The summed E-state index contributed by atoms with van der Waals surface area (Å²) >= 11 is 0. The molecule has 1 unspecified atom stereocenters. The van der Waals surface area contributed by atoms with Crippen molar-refractivity contribution in [1.29, 1.82) is 0 Å². The van der Waals surface area contributed by atoms with Crippen molar-refractivity contribution >= 4 is 0 Å². The van der Waals surface area contributed by atoms with Crippen molar-refractivity contribution in [2.75, 3.05) is 13.7 Å². The van der Waals surface area contributed by atoms with Crippen LogP contribution < -0.4 is 10.5 Å². The lowest BCUT2D eigenvalue weighted by atomic mass is 9.91. The Balaban J connectivity index is 2.57. The number of aryl methyl sites for hydroxylation is 4. The molecule has 4 nitrogen and oxygen atoms in total. The van der Waals surface area contributed by atoms with Gasteiger partial charge < -0.3 is 10.5 Å². The van der Waals surface area contributed by atoms with Gasteiger partial charge in [-0.1, -0.05) is 6.07 Å². The summed E-state index contributed by atoms with van der Waals surface area (Å²) in [5.74, 6) is 0.984. The second-order valence-corrected chi connectivity index (χ2v) is 5.30. The van der Waals surface area contributed by atoms with E-state index in [1.165, 1.54) is 11.1 Å². The van der Waals surface area contributed by atoms with Crippen molar-refractivity contribution in [3.05, 3.63) is 46.3 Å². The lowest BCUT2D eigenvalue weighted by molar-refractivity contribution is 0.406. The van der Waals surface area contributed by atoms with Gasteiger partial charge in [0.25, 0.3) is 0 Å². The van der Waals surface area contributed by atoms with E-state index in [9.17, 15) is 0 Å². The minimum atomic E-state index is 0.0930. The van der Waals surface area contributed by atoms with Gasteiger partial charge in [-0.15, -0.1) is 0 Å². The van der Waals surface area contributed by atoms with E-state index in [1.54, 1.807) is 7.11 Å². The van der Waals surface area contributed by atoms with Gasteiger partial charge in [0.2, 0.25) is 0 Å². The summed E-state index contributed by atoms with van der Waals surface area (Å²) in [6, 6.07) is 6.34. The third-order valence-corrected chi connectivity index (χ3v) is 3.85. The topological polar surface area (TPSA) is 53.1 Å². The normalized spacial score (nSPS) is 12.5. The standard InChI is InChI=1S/C16H23N3O/c1-10-6-13(16(20-5)7-11(10)2)14(9-17)15-8-12(3)18-19(15)4/h6-8,14H,9,17H2,1-5H3. The van der Waals surface area contributed by atoms with E-state index < -0.39 is 0 Å². The molecule has 108 valence electrons. The maximum absolute atomic E-state index is 6.03. The number of nitrogens with zero attached hydrogens (tertiary/aromatic N) is 2. The maximum atomic E-state index is 6.03. The van der Waals surface area contributed by atoms with Crippen molar-refractivity contribution in [2.45, 2.75) is 26.7 Å². The van der Waals surface area contributed by atoms with Crippen molar-refractivity contribution in [3.63, 3.8) is 0 Å². The van der Waals surface area contributed by atoms with E-state index in [2.05, 4.69) is 37.1 Å². The van der Waals surface area contributed by atoms with Gasteiger partial charge in [-0.05, 0) is 44.0 Å². The molecule has 0 spiro atoms. The van der Waals surface area contributed by atoms with Crippen LogP contribution in [0.25, 0.3) is 0 Å². The molecule has 2 N–H and O–H groups in total. The van der Waals surface area contributed by atoms with Crippen LogP contribution in [0.4, 0.5) is 0 Å². The fourth-order valence-corrected chi connectivity index (χ4v) is 2.62. The highest BCUT2D eigenvalue weighted by Crippen LogP contribution is 2.33. The van der Waals surface area contributed by atoms with Gasteiger partial charge in [0.15, 0.2) is 0 Å². The zero-order valence-electron chi connectivity index (χ0n) is 12.9. The first-order valence-corrected chi connectivity index (χ1v) is 6.83. The van der Waals surface area contributed by atoms with Gasteiger partial charge in [-0.25, -0.2) is 0 Å². The second-order valence-electron chi connectivity index (χ2n) is 5.30. The van der Waals surface area contributed by atoms with Crippen molar-refractivity contribution in [1.82, 2.24) is 9.78 Å². The summed E-state index contributed by atoms with van der Waals surface area (Å²) in [4.78, 5) is 0. The Kier molecular flexibility index (Phi) is 4.14. The fraction of sp³-hybridized carbons (Fsp3) is 0.438. The molecule has 0 saturated heterocycles. The first kappa shape index (κ1) is 14.6. The molecular formula is C16H23N3O. The third-order valence-electron chi connectivity index (χ3n) is 3.85. The summed E-state index contributed by atoms with van der Waals surface area (Å²) < 4.78 is 7.45. The first-order chi connectivity index (χ1) is 9.47. The highest BCUT2D eigenvalue weighted by atomic mass is 16.5. The average molecular weight is 273 g/mol. The Morgan fingerprint density at radius 3 is 2.35 bits per heavy atom. The molecule has 1 atom stereocenters. The van der Waals surface area contributed by atoms with Crippen LogP contribution in [0.5, 0.6) is 5.75 Å². The molecule has 20 heavy (non-hydrogen) atoms. The number of hydrogen-bond acceptors (Lipinski definition) is 3. The highest BCUT2D eigenvalue weighted by Gasteiger charge is 2.21. The minimum absolute atomic E-state index is 0.0930. The molecule has 0 aliphatic carbocycles. The van der Waals surface area contributed by atoms with Crippen molar-refractivity contribution < 1.29 is 4.74 Å². The van der Waals surface area contributed by atoms with Crippen LogP contribution in [0.15, 0.2) is 18.2 Å². The Hall–Kier alpha value is -1.81. The van der Waals surface area contributed by atoms with E-state index in [0.717, 1.165) is 22.7 Å². The number of rotatable bonds is 4. The number of benzene rings is 1. The van der Waals surface area contributed by atoms with Crippen molar-refractivity contribution in [2.24, 2.45) is 12.8 Å². The molecule has 0 bridgehead atoms. The number of hydrogen-bond donors (Lipinski definition) is 1. The Bertz CT molecular complexity index is 616. The van der Waals surface area contributed by atoms with Gasteiger partial charge in [0, 0.05) is 30.8 Å². The molecule has 0 aliphatic heterocycles. The Morgan fingerprint density at radius 2 is 1.85 bits per heavy atom. The lowest BCUT2D eigenvalue weighted by Crippen LogP contribution is -2.18. The van der Waals surface area contributed by atoms with E-state index in [4.69, 9.17) is 10.5 Å². The Morgan fingerprint density at radius 1 is 1.20 bits per heavy atom. The van der Waals surface area contributed by atoms with Crippen LogP contribution in [0.1, 0.15) is 34.0 Å². The molecule has 1 aromatic carbocycles. The third kappa shape index (κ3) is 2.56. The quantitative estimate of drug-likeness (QED) is 0.931. The zero-order valence-corrected chi connectivity index (χ0v) is 12.9. The minimum Gasteiger partial charge on any atom is -0.496 e. The number of methoxy groups -OCH3 is 1. The molecule has 0 amide bonds. The van der Waals surface area contributed by atoms with Crippen LogP contribution in [0.2, 0.25) is 0 Å². The lowest BCUT2D eigenvalue weighted by Gasteiger charge is -2.20. The van der Waals surface area contributed by atoms with E-state index in [1.807, 2.05) is 18.7 Å². The van der Waals surface area contributed by atoms with Gasteiger partial charge in [0.05, 0.1) is 12.8 Å². The highest BCUT2D eigenvalue weighted by molar-refractivity contribution is 5.46. The predicted molar refractivity (Wildman–Crippen MR) is 81.3 cm³/mol. The van der Waals surface area contributed by atoms with Crippen molar-refractivity contribution in [3.8, 4) is 5.75 Å². The molecule has 0 aliphatic rings. The number of nitrogens with two attached hydrogens (primary N) is 1. The smallest absolute Gasteiger partial charge is 0.123 e. The van der Waals surface area contributed by atoms with E-state index in [0.29, 0.717) is 6.54 Å². The second kappa shape index (κ2) is 5.67. The van der Waals surface area contributed by atoms with Crippen LogP contribution in [0.3, 0.4) is 0 Å². The number of ether oxygens (including phenoxy) is 1. The molecule has 1 aromatic heterocycles. The van der Waals surface area contributed by atoms with Gasteiger partial charge >= 0.3 is 0 Å². The maximum Gasteiger partial charge on any atom is 0.123 e. The summed E-state index contributed by atoms with van der Waals surface area (Å²) in [6.07, 6.45) is 0. The molecule has 0 saturated carbocycles. The van der Waals surface area contributed by atoms with E-state index >= 15 is 0 Å². The predicted octanol–water partition coefficient (Wildman–Crippen LogP) is 2.44. The molecule has 0 fully saturated rings. The molecular weight excluding hydrogens is 250 g/mol. The first-order valence-electron chi connectivity index (χ1n) is 6.83.